The van der Waals surface area contributed by atoms with Crippen LogP contribution in [-0.4, -0.2) is 9.97 Å². The van der Waals surface area contributed by atoms with E-state index >= 15 is 0 Å². The van der Waals surface area contributed by atoms with Crippen LogP contribution in [0.1, 0.15) is 11.4 Å². The summed E-state index contributed by atoms with van der Waals surface area (Å²) in [5.74, 6) is 1.80. The normalized spacial score (nSPS) is 10.1. The maximum absolute atomic E-state index is 5.81. The predicted octanol–water partition coefficient (Wildman–Crippen LogP) is 2.47. The first-order valence-corrected chi connectivity index (χ1v) is 4.99. The number of aryl methyl sites for hydroxylation is 2. The third-order valence-electron chi connectivity index (χ3n) is 2.13. The Kier molecular flexibility index (Phi) is 2.72. The molecule has 0 aliphatic rings. The van der Waals surface area contributed by atoms with Crippen molar-refractivity contribution in [3.8, 4) is 11.6 Å². The lowest BCUT2D eigenvalue weighted by Gasteiger charge is -2.08. The minimum absolute atomic E-state index is 0.504. The fourth-order valence-corrected chi connectivity index (χ4v) is 1.33. The summed E-state index contributed by atoms with van der Waals surface area (Å²) in [7, 11) is 0. The number of nitrogens with zero attached hydrogens (tertiary/aromatic N) is 2. The molecule has 0 fully saturated rings. The van der Waals surface area contributed by atoms with Crippen molar-refractivity contribution in [2.75, 3.05) is 5.73 Å². The second-order valence-corrected chi connectivity index (χ2v) is 3.59. The molecule has 4 nitrogen and oxygen atoms in total. The Balaban J connectivity index is 2.30. The van der Waals surface area contributed by atoms with E-state index in [1.165, 1.54) is 0 Å². The molecule has 0 bridgehead atoms. The fourth-order valence-electron chi connectivity index (χ4n) is 1.33. The summed E-state index contributed by atoms with van der Waals surface area (Å²) in [5, 5.41) is 0. The van der Waals surface area contributed by atoms with Crippen LogP contribution in [0, 0.1) is 13.8 Å². The molecule has 1 aromatic carbocycles. The highest BCUT2D eigenvalue weighted by Crippen LogP contribution is 2.26. The number of anilines is 1. The average molecular weight is 215 g/mol. The van der Waals surface area contributed by atoms with E-state index in [1.807, 2.05) is 32.0 Å². The van der Waals surface area contributed by atoms with E-state index in [1.54, 1.807) is 12.3 Å². The zero-order valence-electron chi connectivity index (χ0n) is 9.27. The summed E-state index contributed by atoms with van der Waals surface area (Å²) in [4.78, 5) is 8.15. The molecule has 82 valence electrons. The number of benzene rings is 1. The minimum Gasteiger partial charge on any atom is -0.437 e. The number of nitrogen functional groups attached to an aromatic ring is 1. The van der Waals surface area contributed by atoms with E-state index in [2.05, 4.69) is 9.97 Å². The van der Waals surface area contributed by atoms with Crippen LogP contribution in [0.15, 0.2) is 30.5 Å². The van der Waals surface area contributed by atoms with Crippen LogP contribution in [0.5, 0.6) is 11.6 Å². The molecule has 2 aromatic rings. The Morgan fingerprint density at radius 2 is 2.00 bits per heavy atom. The van der Waals surface area contributed by atoms with Gasteiger partial charge in [-0.15, -0.1) is 0 Å². The van der Waals surface area contributed by atoms with Crippen molar-refractivity contribution >= 4 is 5.69 Å². The Hall–Kier alpha value is -2.10. The van der Waals surface area contributed by atoms with Gasteiger partial charge in [-0.2, -0.15) is 4.98 Å². The summed E-state index contributed by atoms with van der Waals surface area (Å²) in [6, 6.07) is 7.34. The van der Waals surface area contributed by atoms with Gasteiger partial charge in [-0.05, 0) is 31.5 Å². The first kappa shape index (κ1) is 10.4. The highest BCUT2D eigenvalue weighted by Gasteiger charge is 2.03. The van der Waals surface area contributed by atoms with Crippen molar-refractivity contribution in [1.29, 1.82) is 0 Å². The topological polar surface area (TPSA) is 61.0 Å². The minimum atomic E-state index is 0.504. The number of hydrogen-bond donors (Lipinski definition) is 1. The molecule has 0 radical (unpaired) electrons. The lowest BCUT2D eigenvalue weighted by molar-refractivity contribution is 0.461. The van der Waals surface area contributed by atoms with Crippen LogP contribution < -0.4 is 10.5 Å². The maximum atomic E-state index is 5.81. The average Bonchev–Trinajstić information content (AvgIpc) is 2.24. The van der Waals surface area contributed by atoms with E-state index < -0.39 is 0 Å². The molecule has 4 heteroatoms. The number of rotatable bonds is 2. The van der Waals surface area contributed by atoms with Gasteiger partial charge in [-0.3, -0.25) is 0 Å². The van der Waals surface area contributed by atoms with E-state index in [-0.39, 0.29) is 0 Å². The van der Waals surface area contributed by atoms with E-state index in [0.29, 0.717) is 23.1 Å². The van der Waals surface area contributed by atoms with Gasteiger partial charge >= 0.3 is 0 Å². The van der Waals surface area contributed by atoms with Crippen LogP contribution in [0.4, 0.5) is 5.69 Å². The lowest BCUT2D eigenvalue weighted by Crippen LogP contribution is -1.95. The molecule has 2 rings (SSSR count). The molecule has 0 saturated carbocycles. The zero-order chi connectivity index (χ0) is 11.5. The zero-order valence-corrected chi connectivity index (χ0v) is 9.27. The molecule has 16 heavy (non-hydrogen) atoms. The van der Waals surface area contributed by atoms with Gasteiger partial charge in [0, 0.05) is 12.3 Å². The molecule has 0 aliphatic carbocycles. The fraction of sp³-hybridized carbons (Fsp3) is 0.167. The third-order valence-corrected chi connectivity index (χ3v) is 2.13. The van der Waals surface area contributed by atoms with Crippen LogP contribution in [-0.2, 0) is 0 Å². The van der Waals surface area contributed by atoms with Gasteiger partial charge in [-0.1, -0.05) is 6.07 Å². The Bertz CT molecular complexity index is 511. The lowest BCUT2D eigenvalue weighted by atomic mass is 10.2. The maximum Gasteiger partial charge on any atom is 0.222 e. The number of nitrogens with two attached hydrogens (primary N) is 1. The largest absolute Gasteiger partial charge is 0.437 e. The van der Waals surface area contributed by atoms with Gasteiger partial charge in [0.2, 0.25) is 5.88 Å². The second-order valence-electron chi connectivity index (χ2n) is 3.59. The van der Waals surface area contributed by atoms with Gasteiger partial charge in [-0.25, -0.2) is 4.98 Å². The summed E-state index contributed by atoms with van der Waals surface area (Å²) in [6.45, 7) is 3.80. The summed E-state index contributed by atoms with van der Waals surface area (Å²) in [5.41, 5.74) is 7.50. The smallest absolute Gasteiger partial charge is 0.222 e. The Labute approximate surface area is 94.1 Å². The predicted molar refractivity (Wildman–Crippen MR) is 62.4 cm³/mol. The molecule has 0 amide bonds. The van der Waals surface area contributed by atoms with E-state index in [4.69, 9.17) is 10.5 Å². The van der Waals surface area contributed by atoms with Crippen molar-refractivity contribution in [2.24, 2.45) is 0 Å². The van der Waals surface area contributed by atoms with Gasteiger partial charge in [0.25, 0.3) is 0 Å². The quantitative estimate of drug-likeness (QED) is 0.782. The highest BCUT2D eigenvalue weighted by atomic mass is 16.5. The van der Waals surface area contributed by atoms with Crippen molar-refractivity contribution in [2.45, 2.75) is 13.8 Å². The van der Waals surface area contributed by atoms with Crippen LogP contribution in [0.3, 0.4) is 0 Å². The third kappa shape index (κ3) is 2.28. The summed E-state index contributed by atoms with van der Waals surface area (Å²) >= 11 is 0. The van der Waals surface area contributed by atoms with Gasteiger partial charge in [0.05, 0.1) is 5.69 Å². The van der Waals surface area contributed by atoms with Crippen molar-refractivity contribution in [3.05, 3.63) is 41.9 Å². The molecule has 0 spiro atoms. The van der Waals surface area contributed by atoms with Crippen LogP contribution >= 0.6 is 0 Å². The number of hydrogen-bond acceptors (Lipinski definition) is 4. The van der Waals surface area contributed by atoms with E-state index in [0.717, 1.165) is 5.56 Å². The Morgan fingerprint density at radius 1 is 1.19 bits per heavy atom. The molecule has 0 unspecified atom stereocenters. The van der Waals surface area contributed by atoms with Crippen molar-refractivity contribution in [3.63, 3.8) is 0 Å². The first-order chi connectivity index (χ1) is 7.65. The van der Waals surface area contributed by atoms with E-state index in [9.17, 15) is 0 Å². The second kappa shape index (κ2) is 4.18. The SMILES string of the molecule is Cc1ccc(N)c(Oc2ccnc(C)n2)c1. The monoisotopic (exact) mass is 215 g/mol. The van der Waals surface area contributed by atoms with Crippen LogP contribution in [0.2, 0.25) is 0 Å². The molecular weight excluding hydrogens is 202 g/mol. The molecule has 0 saturated heterocycles. The number of ether oxygens (including phenoxy) is 1. The summed E-state index contributed by atoms with van der Waals surface area (Å²) in [6.07, 6.45) is 1.66. The van der Waals surface area contributed by atoms with Crippen molar-refractivity contribution in [1.82, 2.24) is 9.97 Å². The molecule has 1 heterocycles. The number of aromatic nitrogens is 2. The first-order valence-electron chi connectivity index (χ1n) is 4.99. The van der Waals surface area contributed by atoms with Crippen molar-refractivity contribution < 1.29 is 4.74 Å². The molecule has 1 aromatic heterocycles. The standard InChI is InChI=1S/C12H13N3O/c1-8-3-4-10(13)11(7-8)16-12-5-6-14-9(2)15-12/h3-7H,13H2,1-2H3. The van der Waals surface area contributed by atoms with Gasteiger partial charge in [0.1, 0.15) is 5.82 Å². The molecule has 2 N–H and O–H groups in total. The molecule has 0 atom stereocenters. The van der Waals surface area contributed by atoms with Crippen LogP contribution in [0.25, 0.3) is 0 Å². The summed E-state index contributed by atoms with van der Waals surface area (Å²) < 4.78 is 5.59. The van der Waals surface area contributed by atoms with Gasteiger partial charge < -0.3 is 10.5 Å². The molecular formula is C12H13N3O. The van der Waals surface area contributed by atoms with Gasteiger partial charge in [0.15, 0.2) is 5.75 Å². The highest BCUT2D eigenvalue weighted by molar-refractivity contribution is 5.54. The Morgan fingerprint density at radius 3 is 2.75 bits per heavy atom. The molecule has 0 aliphatic heterocycles.